The number of oxazole rings is 1. The van der Waals surface area contributed by atoms with E-state index >= 15 is 0 Å². The quantitative estimate of drug-likeness (QED) is 0.242. The fourth-order valence-corrected chi connectivity index (χ4v) is 3.79. The molecule has 33 heavy (non-hydrogen) atoms. The molecule has 0 saturated heterocycles. The van der Waals surface area contributed by atoms with Crippen molar-refractivity contribution in [3.05, 3.63) is 86.4 Å². The lowest BCUT2D eigenvalue weighted by Gasteiger charge is -2.10. The zero-order valence-electron chi connectivity index (χ0n) is 18.4. The number of carbonyl (C=O) groups is 1. The van der Waals surface area contributed by atoms with Gasteiger partial charge in [0.2, 0.25) is 5.89 Å². The number of anilines is 1. The van der Waals surface area contributed by atoms with Gasteiger partial charge in [-0.3, -0.25) is 14.9 Å². The first-order valence-corrected chi connectivity index (χ1v) is 10.9. The van der Waals surface area contributed by atoms with Crippen molar-refractivity contribution in [1.29, 1.82) is 0 Å². The molecule has 1 aromatic heterocycles. The average molecular weight is 464 g/mol. The first kappa shape index (κ1) is 22.5. The maximum absolute atomic E-state index is 12.8. The standard InChI is InChI=1S/C25H22ClN3O4/c1-4-14(2)16-9-11-23-21(12-16)28-25(33-23)17-8-10-19(26)20(13-17)27-24(30)18-6-5-7-22(15(18)3)29(31)32/h5-14H,4H2,1-3H3,(H,27,30)/t14-/m1/s1. The molecule has 1 atom stereocenters. The Balaban J connectivity index is 1.65. The van der Waals surface area contributed by atoms with Crippen molar-refractivity contribution in [2.45, 2.75) is 33.1 Å². The van der Waals surface area contributed by atoms with Crippen LogP contribution in [-0.4, -0.2) is 15.8 Å². The normalized spacial score (nSPS) is 12.0. The van der Waals surface area contributed by atoms with E-state index in [0.717, 1.165) is 11.9 Å². The Morgan fingerprint density at radius 1 is 1.21 bits per heavy atom. The molecular formula is C25H22ClN3O4. The molecule has 7 nitrogen and oxygen atoms in total. The fourth-order valence-electron chi connectivity index (χ4n) is 3.62. The van der Waals surface area contributed by atoms with Gasteiger partial charge < -0.3 is 9.73 Å². The van der Waals surface area contributed by atoms with Crippen molar-refractivity contribution < 1.29 is 14.1 Å². The Labute approximate surface area is 195 Å². The molecule has 0 radical (unpaired) electrons. The van der Waals surface area contributed by atoms with Gasteiger partial charge in [-0.15, -0.1) is 0 Å². The number of nitrogens with zero attached hydrogens (tertiary/aromatic N) is 2. The number of rotatable bonds is 6. The van der Waals surface area contributed by atoms with E-state index in [1.165, 1.54) is 30.7 Å². The molecule has 0 bridgehead atoms. The van der Waals surface area contributed by atoms with Crippen LogP contribution >= 0.6 is 11.6 Å². The molecule has 1 heterocycles. The van der Waals surface area contributed by atoms with Gasteiger partial charge in [-0.2, -0.15) is 0 Å². The Morgan fingerprint density at radius 2 is 2.00 bits per heavy atom. The number of halogens is 1. The topological polar surface area (TPSA) is 98.3 Å². The molecule has 0 aliphatic rings. The highest BCUT2D eigenvalue weighted by molar-refractivity contribution is 6.34. The molecule has 4 rings (SSSR count). The van der Waals surface area contributed by atoms with Gasteiger partial charge in [0.1, 0.15) is 5.52 Å². The zero-order valence-corrected chi connectivity index (χ0v) is 19.1. The summed E-state index contributed by atoms with van der Waals surface area (Å²) in [5, 5.41) is 14.3. The van der Waals surface area contributed by atoms with E-state index in [1.807, 2.05) is 18.2 Å². The molecule has 1 N–H and O–H groups in total. The van der Waals surface area contributed by atoms with E-state index in [0.29, 0.717) is 33.7 Å². The maximum atomic E-state index is 12.8. The summed E-state index contributed by atoms with van der Waals surface area (Å²) in [5.41, 5.74) is 3.99. The van der Waals surface area contributed by atoms with Crippen molar-refractivity contribution in [3.63, 3.8) is 0 Å². The number of nitro groups is 1. The molecule has 0 aliphatic heterocycles. The summed E-state index contributed by atoms with van der Waals surface area (Å²) in [6, 6.07) is 15.4. The maximum Gasteiger partial charge on any atom is 0.273 e. The number of benzene rings is 3. The Kier molecular flexibility index (Phi) is 6.16. The van der Waals surface area contributed by atoms with E-state index in [-0.39, 0.29) is 16.8 Å². The van der Waals surface area contributed by atoms with Gasteiger partial charge in [-0.25, -0.2) is 4.98 Å². The van der Waals surface area contributed by atoms with Crippen LogP contribution < -0.4 is 5.32 Å². The Hall–Kier alpha value is -3.71. The predicted octanol–water partition coefficient (Wildman–Crippen LogP) is 7.13. The molecule has 0 saturated carbocycles. The first-order chi connectivity index (χ1) is 15.8. The molecule has 8 heteroatoms. The molecule has 3 aromatic carbocycles. The predicted molar refractivity (Wildman–Crippen MR) is 129 cm³/mol. The van der Waals surface area contributed by atoms with Crippen molar-refractivity contribution in [3.8, 4) is 11.5 Å². The largest absolute Gasteiger partial charge is 0.436 e. The minimum Gasteiger partial charge on any atom is -0.436 e. The third-order valence-corrected chi connectivity index (χ3v) is 6.13. The van der Waals surface area contributed by atoms with Crippen LogP contribution in [0.3, 0.4) is 0 Å². The van der Waals surface area contributed by atoms with E-state index < -0.39 is 10.8 Å². The van der Waals surface area contributed by atoms with Gasteiger partial charge in [0.25, 0.3) is 11.6 Å². The molecule has 4 aromatic rings. The Morgan fingerprint density at radius 3 is 2.73 bits per heavy atom. The number of nitrogens with one attached hydrogen (secondary N) is 1. The van der Waals surface area contributed by atoms with Gasteiger partial charge in [0.15, 0.2) is 5.58 Å². The number of fused-ring (bicyclic) bond motifs is 1. The van der Waals surface area contributed by atoms with Crippen molar-refractivity contribution in [1.82, 2.24) is 4.98 Å². The van der Waals surface area contributed by atoms with Crippen LogP contribution in [0.5, 0.6) is 0 Å². The van der Waals surface area contributed by atoms with Crippen molar-refractivity contribution in [2.75, 3.05) is 5.32 Å². The van der Waals surface area contributed by atoms with Gasteiger partial charge >= 0.3 is 0 Å². The summed E-state index contributed by atoms with van der Waals surface area (Å²) in [7, 11) is 0. The van der Waals surface area contributed by atoms with Crippen LogP contribution in [0.2, 0.25) is 5.02 Å². The zero-order chi connectivity index (χ0) is 23.7. The second kappa shape index (κ2) is 9.03. The molecule has 1 amide bonds. The summed E-state index contributed by atoms with van der Waals surface area (Å²) >= 11 is 6.31. The summed E-state index contributed by atoms with van der Waals surface area (Å²) < 4.78 is 5.93. The van der Waals surface area contributed by atoms with Crippen LogP contribution in [-0.2, 0) is 0 Å². The number of hydrogen-bond donors (Lipinski definition) is 1. The molecule has 0 aliphatic carbocycles. The van der Waals surface area contributed by atoms with Gasteiger partial charge in [-0.05, 0) is 61.2 Å². The van der Waals surface area contributed by atoms with Crippen molar-refractivity contribution >= 4 is 40.0 Å². The molecule has 0 unspecified atom stereocenters. The SMILES string of the molecule is CC[C@@H](C)c1ccc2oc(-c3ccc(Cl)c(NC(=O)c4cccc([N+](=O)[O-])c4C)c3)nc2c1. The highest BCUT2D eigenvalue weighted by Gasteiger charge is 2.19. The number of hydrogen-bond acceptors (Lipinski definition) is 5. The smallest absolute Gasteiger partial charge is 0.273 e. The highest BCUT2D eigenvalue weighted by Crippen LogP contribution is 2.32. The lowest BCUT2D eigenvalue weighted by Crippen LogP contribution is -2.14. The van der Waals surface area contributed by atoms with E-state index in [4.69, 9.17) is 16.0 Å². The molecular weight excluding hydrogens is 442 g/mol. The van der Waals surface area contributed by atoms with Gasteiger partial charge in [0.05, 0.1) is 15.6 Å². The van der Waals surface area contributed by atoms with Gasteiger partial charge in [-0.1, -0.05) is 37.6 Å². The second-order valence-electron chi connectivity index (χ2n) is 7.91. The van der Waals surface area contributed by atoms with E-state index in [9.17, 15) is 14.9 Å². The van der Waals surface area contributed by atoms with E-state index in [1.54, 1.807) is 18.2 Å². The summed E-state index contributed by atoms with van der Waals surface area (Å²) in [5.74, 6) is 0.333. The van der Waals surface area contributed by atoms with Gasteiger partial charge in [0, 0.05) is 22.8 Å². The fraction of sp³-hybridized carbons (Fsp3) is 0.200. The average Bonchev–Trinajstić information content (AvgIpc) is 3.23. The minimum atomic E-state index is -0.514. The number of nitro benzene ring substituents is 1. The number of carbonyl (C=O) groups excluding carboxylic acids is 1. The van der Waals surface area contributed by atoms with Crippen LogP contribution in [0.25, 0.3) is 22.6 Å². The number of aromatic nitrogens is 1. The highest BCUT2D eigenvalue weighted by atomic mass is 35.5. The molecule has 0 fully saturated rings. The third kappa shape index (κ3) is 4.45. The van der Waals surface area contributed by atoms with Crippen molar-refractivity contribution in [2.24, 2.45) is 0 Å². The monoisotopic (exact) mass is 463 g/mol. The molecule has 168 valence electrons. The number of amides is 1. The Bertz CT molecular complexity index is 1380. The summed E-state index contributed by atoms with van der Waals surface area (Å²) in [6.45, 7) is 5.85. The lowest BCUT2D eigenvalue weighted by molar-refractivity contribution is -0.385. The van der Waals surface area contributed by atoms with Crippen LogP contribution in [0.1, 0.15) is 47.7 Å². The van der Waals surface area contributed by atoms with E-state index in [2.05, 4.69) is 24.1 Å². The summed E-state index contributed by atoms with van der Waals surface area (Å²) in [6.07, 6.45) is 1.03. The van der Waals surface area contributed by atoms with Crippen LogP contribution in [0, 0.1) is 17.0 Å². The molecule has 0 spiro atoms. The van der Waals surface area contributed by atoms with Crippen LogP contribution in [0.15, 0.2) is 59.0 Å². The third-order valence-electron chi connectivity index (χ3n) is 5.80. The van der Waals surface area contributed by atoms with Crippen LogP contribution in [0.4, 0.5) is 11.4 Å². The minimum absolute atomic E-state index is 0.120. The summed E-state index contributed by atoms with van der Waals surface area (Å²) in [4.78, 5) is 28.1. The first-order valence-electron chi connectivity index (χ1n) is 10.5. The second-order valence-corrected chi connectivity index (χ2v) is 8.32. The lowest BCUT2D eigenvalue weighted by atomic mass is 9.98.